The molecule has 0 aliphatic carbocycles. The third-order valence-electron chi connectivity index (χ3n) is 5.71. The zero-order valence-electron chi connectivity index (χ0n) is 21.0. The van der Waals surface area contributed by atoms with E-state index in [1.807, 2.05) is 0 Å². The van der Waals surface area contributed by atoms with Crippen LogP contribution in [-0.2, 0) is 16.0 Å². The van der Waals surface area contributed by atoms with Gasteiger partial charge >= 0.3 is 77.2 Å². The minimum absolute atomic E-state index is 0. The number of Topliss-reactive ketones (excluding diaryl/α,β-unsaturated/α-hetero) is 1. The number of carbonyl (C=O) groups excluding carboxylic acids is 1. The van der Waals surface area contributed by atoms with Gasteiger partial charge in [-0.3, -0.25) is 4.79 Å². The first-order valence-electron chi connectivity index (χ1n) is 10.6. The summed E-state index contributed by atoms with van der Waals surface area (Å²) in [6.45, 7) is 1.47. The average Bonchev–Trinajstić information content (AvgIpc) is 2.81. The molecular weight excluding hydrogens is 682 g/mol. The topological polar surface area (TPSA) is 74.3 Å². The molecule has 1 aromatic carbocycles. The molecule has 43 heavy (non-hydrogen) atoms. The van der Waals surface area contributed by atoms with E-state index in [1.54, 1.807) is 0 Å². The summed E-state index contributed by atoms with van der Waals surface area (Å²) >= 11 is 0. The second-order valence-electron chi connectivity index (χ2n) is 8.58. The van der Waals surface area contributed by atoms with Gasteiger partial charge in [0.1, 0.15) is 15.4 Å². The van der Waals surface area contributed by atoms with Crippen LogP contribution >= 0.6 is 0 Å². The van der Waals surface area contributed by atoms with Crippen LogP contribution in [0.25, 0.3) is 0 Å². The Morgan fingerprint density at radius 1 is 0.674 bits per heavy atom. The Balaban J connectivity index is 0.0000176. The second kappa shape index (κ2) is 12.4. The zero-order chi connectivity index (χ0) is 33.8. The molecule has 0 amide bonds. The van der Waals surface area contributed by atoms with Gasteiger partial charge in [0.05, 0.1) is 0 Å². The first-order chi connectivity index (χ1) is 18.3. The molecule has 1 atom stereocenters. The number of benzene rings is 1. The van der Waals surface area contributed by atoms with E-state index in [2.05, 4.69) is 0 Å². The first kappa shape index (κ1) is 41.6. The minimum atomic E-state index is -8.77. The molecule has 0 bridgehead atoms. The molecule has 0 saturated carbocycles. The van der Waals surface area contributed by atoms with E-state index >= 15 is 0 Å². The van der Waals surface area contributed by atoms with Crippen LogP contribution in [0.15, 0.2) is 24.3 Å². The van der Waals surface area contributed by atoms with E-state index < -0.39 is 98.5 Å². The number of hydrogen-bond acceptors (Lipinski definition) is 4. The van der Waals surface area contributed by atoms with Crippen molar-refractivity contribution in [3.05, 3.63) is 35.4 Å². The molecular formula is C20H14F17NaO4S. The van der Waals surface area contributed by atoms with E-state index in [0.717, 1.165) is 0 Å². The van der Waals surface area contributed by atoms with Crippen LogP contribution in [0.5, 0.6) is 0 Å². The van der Waals surface area contributed by atoms with Gasteiger partial charge in [-0.1, -0.05) is 44.0 Å². The molecule has 0 aliphatic rings. The Kier molecular flexibility index (Phi) is 12.0. The van der Waals surface area contributed by atoms with Crippen molar-refractivity contribution >= 4 is 15.9 Å². The van der Waals surface area contributed by atoms with Crippen molar-refractivity contribution in [2.45, 2.75) is 79.1 Å². The van der Waals surface area contributed by atoms with E-state index in [1.165, 1.54) is 6.92 Å². The Morgan fingerprint density at radius 2 is 1.02 bits per heavy atom. The molecule has 0 spiro atoms. The van der Waals surface area contributed by atoms with Crippen molar-refractivity contribution in [1.29, 1.82) is 0 Å². The Labute approximate surface area is 252 Å². The van der Waals surface area contributed by atoms with Gasteiger partial charge in [-0.2, -0.15) is 74.6 Å². The monoisotopic (exact) mass is 696 g/mol. The van der Waals surface area contributed by atoms with Crippen LogP contribution in [0.4, 0.5) is 74.6 Å². The van der Waals surface area contributed by atoms with Gasteiger partial charge in [-0.05, 0) is 6.42 Å². The van der Waals surface area contributed by atoms with Gasteiger partial charge in [0, 0.05) is 11.1 Å². The van der Waals surface area contributed by atoms with Crippen molar-refractivity contribution in [2.24, 2.45) is 0 Å². The van der Waals surface area contributed by atoms with E-state index in [4.69, 9.17) is 0 Å². The Bertz CT molecular complexity index is 1240. The largest absolute Gasteiger partial charge is 1.00 e. The fourth-order valence-corrected chi connectivity index (χ4v) is 4.02. The summed E-state index contributed by atoms with van der Waals surface area (Å²) in [5.74, 6) is -59.4. The molecule has 0 heterocycles. The number of ketones is 1. The molecule has 4 nitrogen and oxygen atoms in total. The second-order valence-corrected chi connectivity index (χ2v) is 10.1. The van der Waals surface area contributed by atoms with Gasteiger partial charge in [0.2, 0.25) is 0 Å². The van der Waals surface area contributed by atoms with Crippen LogP contribution < -0.4 is 29.6 Å². The molecule has 23 heteroatoms. The summed E-state index contributed by atoms with van der Waals surface area (Å²) in [4.78, 5) is 12.3. The molecule has 1 aromatic rings. The predicted molar refractivity (Wildman–Crippen MR) is 103 cm³/mol. The fraction of sp³-hybridized carbons (Fsp3) is 0.650. The number of halogens is 17. The number of carbonyl (C=O) groups is 1. The molecule has 0 radical (unpaired) electrons. The van der Waals surface area contributed by atoms with Crippen molar-refractivity contribution in [2.75, 3.05) is 0 Å². The van der Waals surface area contributed by atoms with Gasteiger partial charge in [-0.25, -0.2) is 8.42 Å². The van der Waals surface area contributed by atoms with Crippen LogP contribution in [0.2, 0.25) is 0 Å². The molecule has 0 N–H and O–H groups in total. The summed E-state index contributed by atoms with van der Waals surface area (Å²) in [6, 6.07) is -0.994. The Morgan fingerprint density at radius 3 is 1.35 bits per heavy atom. The van der Waals surface area contributed by atoms with Crippen LogP contribution in [0, 0.1) is 0 Å². The standard InChI is InChI=1S/C20H15F17O4S.Na/c1-2-3-4-11(42(39,40)41)12(38)9-5-7-10(8-6-9)13(21,22)14(23,24)15(25,26)16(27,28)17(29,30)18(31,32)19(33,34)20(35,36)37;/h5-8,11H,2-4H2,1H3,(H,39,40,41);/q;+1/p-1. The SMILES string of the molecule is CCCCC(C(=O)c1ccc(C(F)(F)C(F)(F)C(F)(F)C(F)(F)C(F)(F)C(F)(F)C(F)(F)C(F)(F)F)cc1)S(=O)(=O)[O-].[Na+]. The number of unbranched alkanes of at least 4 members (excludes halogenated alkanes) is 1. The Hall–Kier alpha value is -1.39. The zero-order valence-corrected chi connectivity index (χ0v) is 23.8. The summed E-state index contributed by atoms with van der Waals surface area (Å²) in [6.07, 6.45) is -8.39. The third kappa shape index (κ3) is 6.62. The van der Waals surface area contributed by atoms with Crippen molar-refractivity contribution in [1.82, 2.24) is 0 Å². The van der Waals surface area contributed by atoms with E-state index in [-0.39, 0.29) is 54.5 Å². The van der Waals surface area contributed by atoms with Crippen molar-refractivity contribution in [3.63, 3.8) is 0 Å². The molecule has 1 unspecified atom stereocenters. The van der Waals surface area contributed by atoms with Crippen LogP contribution in [0.1, 0.15) is 42.1 Å². The number of rotatable bonds is 13. The molecule has 0 aliphatic heterocycles. The molecule has 0 aromatic heterocycles. The summed E-state index contributed by atoms with van der Waals surface area (Å²) in [5.41, 5.74) is -3.62. The maximum Gasteiger partial charge on any atom is 1.00 e. The van der Waals surface area contributed by atoms with E-state index in [9.17, 15) is 92.4 Å². The minimum Gasteiger partial charge on any atom is -0.747 e. The molecule has 0 fully saturated rings. The summed E-state index contributed by atoms with van der Waals surface area (Å²) < 4.78 is 262. The fourth-order valence-electron chi connectivity index (χ4n) is 3.17. The normalized spacial score (nSPS) is 15.6. The van der Waals surface area contributed by atoms with Gasteiger partial charge in [0.25, 0.3) is 0 Å². The summed E-state index contributed by atoms with van der Waals surface area (Å²) in [7, 11) is -5.43. The smallest absolute Gasteiger partial charge is 0.747 e. The average molecular weight is 696 g/mol. The van der Waals surface area contributed by atoms with Gasteiger partial charge < -0.3 is 4.55 Å². The van der Waals surface area contributed by atoms with Crippen LogP contribution in [-0.4, -0.2) is 65.7 Å². The maximum absolute atomic E-state index is 14.4. The number of hydrogen-bond donors (Lipinski definition) is 0. The van der Waals surface area contributed by atoms with Gasteiger partial charge in [0.15, 0.2) is 5.78 Å². The van der Waals surface area contributed by atoms with Crippen molar-refractivity contribution < 1.29 is 122 Å². The summed E-state index contributed by atoms with van der Waals surface area (Å²) in [5, 5.41) is -2.38. The quantitative estimate of drug-likeness (QED) is 0.132. The van der Waals surface area contributed by atoms with Crippen molar-refractivity contribution in [3.8, 4) is 0 Å². The predicted octanol–water partition coefficient (Wildman–Crippen LogP) is 4.44. The molecule has 1 rings (SSSR count). The number of alkyl halides is 17. The maximum atomic E-state index is 14.4. The first-order valence-corrected chi connectivity index (χ1v) is 12.1. The molecule has 0 saturated heterocycles. The van der Waals surface area contributed by atoms with E-state index in [0.29, 0.717) is 0 Å². The van der Waals surface area contributed by atoms with Gasteiger partial charge in [-0.15, -0.1) is 0 Å². The van der Waals surface area contributed by atoms with Crippen LogP contribution in [0.3, 0.4) is 0 Å². The molecule has 244 valence electrons. The third-order valence-corrected chi connectivity index (χ3v) is 6.86.